The van der Waals surface area contributed by atoms with Crippen LogP contribution in [0.15, 0.2) is 24.3 Å². The Bertz CT molecular complexity index is 672. The number of allylic oxidation sites excluding steroid dienone is 3. The molecule has 2 unspecified atom stereocenters. The van der Waals surface area contributed by atoms with Gasteiger partial charge < -0.3 is 10.4 Å². The molecule has 0 heterocycles. The number of hydrogen-bond acceptors (Lipinski definition) is 2. The average Bonchev–Trinajstić information content (AvgIpc) is 3.07. The average molecular weight is 660 g/mol. The Balaban J connectivity index is 3.42. The highest BCUT2D eigenvalue weighted by Crippen LogP contribution is 2.15. The van der Waals surface area contributed by atoms with Crippen molar-refractivity contribution in [2.24, 2.45) is 0 Å². The van der Waals surface area contributed by atoms with Gasteiger partial charge in [-0.15, -0.1) is 0 Å². The van der Waals surface area contributed by atoms with Crippen LogP contribution in [0.25, 0.3) is 0 Å². The van der Waals surface area contributed by atoms with Crippen molar-refractivity contribution in [1.29, 1.82) is 0 Å². The van der Waals surface area contributed by atoms with Crippen LogP contribution in [0.5, 0.6) is 0 Å². The first-order chi connectivity index (χ1) is 23.1. The van der Waals surface area contributed by atoms with Crippen molar-refractivity contribution in [3.63, 3.8) is 0 Å². The number of nitrogens with one attached hydrogen (secondary N) is 1. The highest BCUT2D eigenvalue weighted by molar-refractivity contribution is 5.76. The molecular formula is C44H85NO2. The lowest BCUT2D eigenvalue weighted by Gasteiger charge is -2.17. The van der Waals surface area contributed by atoms with E-state index in [4.69, 9.17) is 0 Å². The van der Waals surface area contributed by atoms with Gasteiger partial charge in [0.15, 0.2) is 0 Å². The number of hydrogen-bond donors (Lipinski definition) is 2. The highest BCUT2D eigenvalue weighted by atomic mass is 16.3. The second-order valence-electron chi connectivity index (χ2n) is 14.8. The van der Waals surface area contributed by atoms with Gasteiger partial charge in [0.2, 0.25) is 5.91 Å². The third kappa shape index (κ3) is 37.6. The zero-order valence-corrected chi connectivity index (χ0v) is 32.4. The fourth-order valence-corrected chi connectivity index (χ4v) is 6.51. The van der Waals surface area contributed by atoms with Gasteiger partial charge in [-0.2, -0.15) is 0 Å². The van der Waals surface area contributed by atoms with E-state index in [1.807, 2.05) is 13.0 Å². The molecule has 0 spiro atoms. The van der Waals surface area contributed by atoms with Gasteiger partial charge in [0, 0.05) is 6.42 Å². The number of aliphatic hydroxyl groups excluding tert-OH is 1. The van der Waals surface area contributed by atoms with Crippen LogP contribution in [0.3, 0.4) is 0 Å². The lowest BCUT2D eigenvalue weighted by Crippen LogP contribution is -2.40. The standard InChI is InChI=1S/C44H85NO2/c1-4-6-8-10-12-14-16-18-19-20-21-22-23-24-25-26-27-29-31-33-35-37-39-41-44(47)45-42(3)43(46)40-38-36-34-32-30-28-17-15-13-11-9-7-5-2/h18-19,38,40,42-43,46H,4-17,20-37,39,41H2,1-3H3,(H,45,47). The monoisotopic (exact) mass is 660 g/mol. The van der Waals surface area contributed by atoms with E-state index in [2.05, 4.69) is 37.4 Å². The summed E-state index contributed by atoms with van der Waals surface area (Å²) in [6.45, 7) is 6.47. The molecule has 1 amide bonds. The molecule has 0 aliphatic rings. The molecule has 0 aliphatic heterocycles. The Morgan fingerprint density at radius 1 is 0.468 bits per heavy atom. The van der Waals surface area contributed by atoms with Crippen molar-refractivity contribution >= 4 is 5.91 Å². The Kier molecular flexibility index (Phi) is 38.4. The zero-order valence-electron chi connectivity index (χ0n) is 32.4. The molecule has 2 N–H and O–H groups in total. The van der Waals surface area contributed by atoms with Gasteiger partial charge in [0.25, 0.3) is 0 Å². The van der Waals surface area contributed by atoms with E-state index < -0.39 is 6.10 Å². The molecule has 0 saturated carbocycles. The van der Waals surface area contributed by atoms with Gasteiger partial charge in [0.05, 0.1) is 12.1 Å². The van der Waals surface area contributed by atoms with Crippen molar-refractivity contribution < 1.29 is 9.90 Å². The number of amides is 1. The number of rotatable bonds is 38. The van der Waals surface area contributed by atoms with Gasteiger partial charge in [-0.25, -0.2) is 0 Å². The minimum Gasteiger partial charge on any atom is -0.387 e. The predicted molar refractivity (Wildman–Crippen MR) is 210 cm³/mol. The summed E-state index contributed by atoms with van der Waals surface area (Å²) < 4.78 is 0. The van der Waals surface area contributed by atoms with Crippen LogP contribution in [0.2, 0.25) is 0 Å². The van der Waals surface area contributed by atoms with Crippen LogP contribution < -0.4 is 5.32 Å². The van der Waals surface area contributed by atoms with E-state index in [9.17, 15) is 9.90 Å². The summed E-state index contributed by atoms with van der Waals surface area (Å²) in [5, 5.41) is 13.4. The summed E-state index contributed by atoms with van der Waals surface area (Å²) in [7, 11) is 0. The van der Waals surface area contributed by atoms with Gasteiger partial charge in [-0.1, -0.05) is 205 Å². The number of carbonyl (C=O) groups is 1. The number of unbranched alkanes of at least 4 members (excludes halogenated alkanes) is 30. The summed E-state index contributed by atoms with van der Waals surface area (Å²) in [6, 6.07) is -0.224. The lowest BCUT2D eigenvalue weighted by molar-refractivity contribution is -0.122. The maximum atomic E-state index is 12.3. The number of carbonyl (C=O) groups excluding carboxylic acids is 1. The summed E-state index contributed by atoms with van der Waals surface area (Å²) in [4.78, 5) is 12.3. The number of aliphatic hydroxyl groups is 1. The molecular weight excluding hydrogens is 574 g/mol. The fraction of sp³-hybridized carbons (Fsp3) is 0.886. The Morgan fingerprint density at radius 2 is 0.766 bits per heavy atom. The highest BCUT2D eigenvalue weighted by Gasteiger charge is 2.13. The van der Waals surface area contributed by atoms with E-state index in [-0.39, 0.29) is 11.9 Å². The maximum absolute atomic E-state index is 12.3. The van der Waals surface area contributed by atoms with Crippen molar-refractivity contribution in [2.75, 3.05) is 0 Å². The third-order valence-corrected chi connectivity index (χ3v) is 9.87. The molecule has 0 saturated heterocycles. The van der Waals surface area contributed by atoms with Crippen LogP contribution in [0.4, 0.5) is 0 Å². The molecule has 278 valence electrons. The van der Waals surface area contributed by atoms with E-state index in [1.54, 1.807) is 0 Å². The molecule has 0 aromatic rings. The quantitative estimate of drug-likeness (QED) is 0.0512. The zero-order chi connectivity index (χ0) is 34.3. The van der Waals surface area contributed by atoms with E-state index in [0.29, 0.717) is 6.42 Å². The fourth-order valence-electron chi connectivity index (χ4n) is 6.51. The van der Waals surface area contributed by atoms with E-state index in [1.165, 1.54) is 193 Å². The summed E-state index contributed by atoms with van der Waals surface area (Å²) in [5.41, 5.74) is 0. The van der Waals surface area contributed by atoms with Crippen LogP contribution in [-0.2, 0) is 4.79 Å². The Labute approximate surface area is 296 Å². The molecule has 0 rings (SSSR count). The van der Waals surface area contributed by atoms with Gasteiger partial charge in [-0.05, 0) is 51.9 Å². The Morgan fingerprint density at radius 3 is 1.13 bits per heavy atom. The molecule has 0 aromatic carbocycles. The molecule has 47 heavy (non-hydrogen) atoms. The normalized spacial score (nSPS) is 13.2. The Hall–Kier alpha value is -1.09. The molecule has 0 bridgehead atoms. The molecule has 3 heteroatoms. The SMILES string of the molecule is CCCCCCCCC=CCCCCCCCCCCCCCCCC(=O)NC(C)C(O)C=CCCCCCCCCCCCCC. The lowest BCUT2D eigenvalue weighted by atomic mass is 10.0. The van der Waals surface area contributed by atoms with Crippen molar-refractivity contribution in [2.45, 2.75) is 251 Å². The second kappa shape index (κ2) is 39.3. The topological polar surface area (TPSA) is 49.3 Å². The van der Waals surface area contributed by atoms with Crippen molar-refractivity contribution in [3.05, 3.63) is 24.3 Å². The third-order valence-electron chi connectivity index (χ3n) is 9.87. The first-order valence-electron chi connectivity index (χ1n) is 21.4. The molecule has 0 fully saturated rings. The molecule has 3 nitrogen and oxygen atoms in total. The predicted octanol–water partition coefficient (Wildman–Crippen LogP) is 14.3. The smallest absolute Gasteiger partial charge is 0.220 e. The molecule has 0 aliphatic carbocycles. The molecule has 0 aromatic heterocycles. The second-order valence-corrected chi connectivity index (χ2v) is 14.8. The van der Waals surface area contributed by atoms with Crippen molar-refractivity contribution in [1.82, 2.24) is 5.32 Å². The van der Waals surface area contributed by atoms with Crippen LogP contribution in [-0.4, -0.2) is 23.2 Å². The van der Waals surface area contributed by atoms with E-state index >= 15 is 0 Å². The first kappa shape index (κ1) is 45.9. The summed E-state index contributed by atoms with van der Waals surface area (Å²) >= 11 is 0. The van der Waals surface area contributed by atoms with Crippen LogP contribution >= 0.6 is 0 Å². The minimum atomic E-state index is -0.599. The summed E-state index contributed by atoms with van der Waals surface area (Å²) in [6.07, 6.45) is 52.8. The molecule has 0 radical (unpaired) electrons. The van der Waals surface area contributed by atoms with Gasteiger partial charge in [-0.3, -0.25) is 4.79 Å². The largest absolute Gasteiger partial charge is 0.387 e. The van der Waals surface area contributed by atoms with Gasteiger partial charge in [0.1, 0.15) is 0 Å². The first-order valence-corrected chi connectivity index (χ1v) is 21.4. The van der Waals surface area contributed by atoms with Gasteiger partial charge >= 0.3 is 0 Å². The maximum Gasteiger partial charge on any atom is 0.220 e. The van der Waals surface area contributed by atoms with E-state index in [0.717, 1.165) is 19.3 Å². The minimum absolute atomic E-state index is 0.0790. The summed E-state index contributed by atoms with van der Waals surface area (Å²) in [5.74, 6) is 0.0790. The molecule has 2 atom stereocenters. The van der Waals surface area contributed by atoms with Crippen LogP contribution in [0, 0.1) is 0 Å². The van der Waals surface area contributed by atoms with Crippen molar-refractivity contribution in [3.8, 4) is 0 Å². The van der Waals surface area contributed by atoms with Crippen LogP contribution in [0.1, 0.15) is 239 Å².